The number of fused-ring (bicyclic) bond motifs is 1. The van der Waals surface area contributed by atoms with Gasteiger partial charge in [0.1, 0.15) is 5.82 Å². The summed E-state index contributed by atoms with van der Waals surface area (Å²) >= 11 is 5.57. The Kier molecular flexibility index (Phi) is 4.79. The molecule has 2 aromatic carbocycles. The minimum absolute atomic E-state index is 0.195. The number of nitrogens with one attached hydrogen (secondary N) is 1. The minimum Gasteiger partial charge on any atom is -0.390 e. The lowest BCUT2D eigenvalue weighted by Gasteiger charge is -2.10. The maximum Gasteiger partial charge on any atom is 0.123 e. The van der Waals surface area contributed by atoms with Crippen molar-refractivity contribution in [3.05, 3.63) is 60.0 Å². The zero-order valence-corrected chi connectivity index (χ0v) is 13.2. The molecule has 3 rings (SSSR count). The Bertz CT molecular complexity index is 805. The number of aromatic nitrogens is 2. The van der Waals surface area contributed by atoms with Gasteiger partial charge in [-0.1, -0.05) is 12.1 Å². The van der Waals surface area contributed by atoms with E-state index in [1.54, 1.807) is 12.3 Å². The van der Waals surface area contributed by atoms with Gasteiger partial charge in [0.25, 0.3) is 0 Å². The summed E-state index contributed by atoms with van der Waals surface area (Å²) in [6.07, 6.45) is 1.20. The Morgan fingerprint density at radius 1 is 1.26 bits per heavy atom. The topological polar surface area (TPSA) is 50.1 Å². The quantitative estimate of drug-likeness (QED) is 0.681. The summed E-state index contributed by atoms with van der Waals surface area (Å²) in [7, 11) is 0. The van der Waals surface area contributed by atoms with Crippen LogP contribution < -0.4 is 5.32 Å². The van der Waals surface area contributed by atoms with Crippen molar-refractivity contribution in [1.82, 2.24) is 9.78 Å². The van der Waals surface area contributed by atoms with Crippen molar-refractivity contribution in [2.45, 2.75) is 12.6 Å². The van der Waals surface area contributed by atoms with Crippen molar-refractivity contribution in [2.24, 2.45) is 0 Å². The molecule has 0 saturated heterocycles. The van der Waals surface area contributed by atoms with Crippen molar-refractivity contribution in [2.75, 3.05) is 17.7 Å². The number of alkyl halides is 1. The van der Waals surface area contributed by atoms with Crippen LogP contribution >= 0.6 is 11.6 Å². The van der Waals surface area contributed by atoms with Gasteiger partial charge in [-0.3, -0.25) is 4.68 Å². The number of rotatable bonds is 6. The van der Waals surface area contributed by atoms with Crippen LogP contribution in [0.5, 0.6) is 0 Å². The van der Waals surface area contributed by atoms with E-state index in [-0.39, 0.29) is 11.7 Å². The maximum absolute atomic E-state index is 13.3. The predicted octanol–water partition coefficient (Wildman–Crippen LogP) is 3.24. The average Bonchev–Trinajstić information content (AvgIpc) is 2.95. The molecule has 1 aromatic heterocycles. The second-order valence-electron chi connectivity index (χ2n) is 5.39. The van der Waals surface area contributed by atoms with Gasteiger partial charge in [-0.05, 0) is 35.9 Å². The van der Waals surface area contributed by atoms with Gasteiger partial charge in [0.05, 0.1) is 30.2 Å². The molecule has 6 heteroatoms. The highest BCUT2D eigenvalue weighted by molar-refractivity contribution is 6.18. The molecule has 0 spiro atoms. The van der Waals surface area contributed by atoms with Gasteiger partial charge in [0.15, 0.2) is 0 Å². The molecule has 0 bridgehead atoms. The zero-order valence-electron chi connectivity index (χ0n) is 12.4. The molecule has 0 radical (unpaired) electrons. The summed E-state index contributed by atoms with van der Waals surface area (Å²) in [5, 5.41) is 18.0. The standard InChI is InChI=1S/C17H17ClFN3O/c18-8-16(23)10-20-15-4-5-17-13(7-15)9-21-22(17)11-12-2-1-3-14(19)6-12/h1-7,9,16,20,23H,8,10-11H2. The van der Waals surface area contributed by atoms with Crippen LogP contribution in [0.15, 0.2) is 48.7 Å². The van der Waals surface area contributed by atoms with Crippen molar-refractivity contribution in [1.29, 1.82) is 0 Å². The number of aliphatic hydroxyl groups excluding tert-OH is 1. The van der Waals surface area contributed by atoms with Crippen LogP contribution in [0.25, 0.3) is 10.9 Å². The molecule has 0 amide bonds. The second-order valence-corrected chi connectivity index (χ2v) is 5.70. The summed E-state index contributed by atoms with van der Waals surface area (Å²) in [4.78, 5) is 0. The van der Waals surface area contributed by atoms with E-state index in [2.05, 4.69) is 10.4 Å². The van der Waals surface area contributed by atoms with Gasteiger partial charge in [0.2, 0.25) is 0 Å². The van der Waals surface area contributed by atoms with E-state index >= 15 is 0 Å². The van der Waals surface area contributed by atoms with Crippen LogP contribution in [0, 0.1) is 5.82 Å². The van der Waals surface area contributed by atoms with Crippen LogP contribution in [0.2, 0.25) is 0 Å². The highest BCUT2D eigenvalue weighted by atomic mass is 35.5. The van der Waals surface area contributed by atoms with Crippen LogP contribution in [0.1, 0.15) is 5.56 Å². The van der Waals surface area contributed by atoms with E-state index < -0.39 is 6.10 Å². The van der Waals surface area contributed by atoms with Crippen molar-refractivity contribution >= 4 is 28.2 Å². The molecule has 0 aliphatic carbocycles. The number of hydrogen-bond acceptors (Lipinski definition) is 3. The lowest BCUT2D eigenvalue weighted by Crippen LogP contribution is -2.20. The largest absolute Gasteiger partial charge is 0.390 e. The van der Waals surface area contributed by atoms with E-state index in [0.29, 0.717) is 13.1 Å². The first-order valence-electron chi connectivity index (χ1n) is 7.33. The van der Waals surface area contributed by atoms with E-state index in [9.17, 15) is 9.50 Å². The molecule has 1 atom stereocenters. The molecule has 1 unspecified atom stereocenters. The molecule has 2 N–H and O–H groups in total. The van der Waals surface area contributed by atoms with Crippen molar-refractivity contribution < 1.29 is 9.50 Å². The molecular formula is C17H17ClFN3O. The average molecular weight is 334 g/mol. The lowest BCUT2D eigenvalue weighted by molar-refractivity contribution is 0.211. The maximum atomic E-state index is 13.3. The number of anilines is 1. The number of benzene rings is 2. The number of aliphatic hydroxyl groups is 1. The fraction of sp³-hybridized carbons (Fsp3) is 0.235. The summed E-state index contributed by atoms with van der Waals surface area (Å²) in [5.74, 6) is -0.0517. The fourth-order valence-electron chi connectivity index (χ4n) is 2.42. The van der Waals surface area contributed by atoms with Crippen LogP contribution in [-0.2, 0) is 6.54 Å². The van der Waals surface area contributed by atoms with Gasteiger partial charge in [-0.2, -0.15) is 5.10 Å². The SMILES string of the molecule is OC(CCl)CNc1ccc2c(cnn2Cc2cccc(F)c2)c1. The van der Waals surface area contributed by atoms with Gasteiger partial charge in [0, 0.05) is 17.6 Å². The van der Waals surface area contributed by atoms with E-state index in [0.717, 1.165) is 22.2 Å². The molecule has 1 heterocycles. The third-order valence-corrected chi connectivity index (χ3v) is 3.94. The van der Waals surface area contributed by atoms with Gasteiger partial charge in [-0.15, -0.1) is 11.6 Å². The lowest BCUT2D eigenvalue weighted by atomic mass is 10.2. The van der Waals surface area contributed by atoms with Crippen molar-refractivity contribution in [3.8, 4) is 0 Å². The third-order valence-electron chi connectivity index (χ3n) is 3.58. The summed E-state index contributed by atoms with van der Waals surface area (Å²) in [5.41, 5.74) is 2.73. The number of hydrogen-bond donors (Lipinski definition) is 2. The van der Waals surface area contributed by atoms with E-state index in [4.69, 9.17) is 11.6 Å². The zero-order chi connectivity index (χ0) is 16.2. The number of halogens is 2. The van der Waals surface area contributed by atoms with Gasteiger partial charge >= 0.3 is 0 Å². The highest BCUT2D eigenvalue weighted by Crippen LogP contribution is 2.20. The summed E-state index contributed by atoms with van der Waals surface area (Å²) < 4.78 is 15.1. The van der Waals surface area contributed by atoms with Crippen LogP contribution in [-0.4, -0.2) is 33.4 Å². The van der Waals surface area contributed by atoms with Crippen LogP contribution in [0.3, 0.4) is 0 Å². The molecule has 3 aromatic rings. The smallest absolute Gasteiger partial charge is 0.123 e. The Morgan fingerprint density at radius 3 is 2.91 bits per heavy atom. The first-order chi connectivity index (χ1) is 11.2. The Labute approximate surface area is 138 Å². The molecule has 0 saturated carbocycles. The molecule has 0 aliphatic heterocycles. The highest BCUT2D eigenvalue weighted by Gasteiger charge is 2.06. The predicted molar refractivity (Wildman–Crippen MR) is 90.5 cm³/mol. The normalized spacial score (nSPS) is 12.5. The summed E-state index contributed by atoms with van der Waals surface area (Å²) in [6.45, 7) is 0.908. The van der Waals surface area contributed by atoms with Gasteiger partial charge in [-0.25, -0.2) is 4.39 Å². The summed E-state index contributed by atoms with van der Waals surface area (Å²) in [6, 6.07) is 12.4. The fourth-order valence-corrected chi connectivity index (χ4v) is 2.53. The van der Waals surface area contributed by atoms with Crippen LogP contribution in [0.4, 0.5) is 10.1 Å². The number of nitrogens with zero attached hydrogens (tertiary/aromatic N) is 2. The Morgan fingerprint density at radius 2 is 2.13 bits per heavy atom. The molecule has 120 valence electrons. The Balaban J connectivity index is 1.78. The molecule has 0 aliphatic rings. The Hall–Kier alpha value is -2.11. The first kappa shape index (κ1) is 15.8. The van der Waals surface area contributed by atoms with Crippen molar-refractivity contribution in [3.63, 3.8) is 0 Å². The van der Waals surface area contributed by atoms with E-state index in [1.165, 1.54) is 12.1 Å². The first-order valence-corrected chi connectivity index (χ1v) is 7.87. The second kappa shape index (κ2) is 6.98. The monoisotopic (exact) mass is 333 g/mol. The van der Waals surface area contributed by atoms with E-state index in [1.807, 2.05) is 28.9 Å². The van der Waals surface area contributed by atoms with Gasteiger partial charge < -0.3 is 10.4 Å². The molecule has 4 nitrogen and oxygen atoms in total. The molecule has 0 fully saturated rings. The molecule has 23 heavy (non-hydrogen) atoms. The third kappa shape index (κ3) is 3.81. The minimum atomic E-state index is -0.580. The molecular weight excluding hydrogens is 317 g/mol.